The molecule has 1 N–H and O–H groups in total. The molecule has 0 saturated carbocycles. The second kappa shape index (κ2) is 11.0. The maximum absolute atomic E-state index is 13.2. The number of rotatable bonds is 5. The van der Waals surface area contributed by atoms with Crippen molar-refractivity contribution in [3.05, 3.63) is 94.6 Å². The lowest BCUT2D eigenvalue weighted by Gasteiger charge is -2.26. The van der Waals surface area contributed by atoms with Gasteiger partial charge in [0.05, 0.1) is 24.5 Å². The quantitative estimate of drug-likeness (QED) is 0.199. The number of halogens is 3. The van der Waals surface area contributed by atoms with Crippen LogP contribution in [0.25, 0.3) is 6.08 Å². The van der Waals surface area contributed by atoms with Crippen molar-refractivity contribution in [1.82, 2.24) is 5.32 Å². The highest BCUT2D eigenvalue weighted by Crippen LogP contribution is 2.32. The molecule has 3 aromatic rings. The minimum atomic E-state index is -0.840. The lowest BCUT2D eigenvalue weighted by molar-refractivity contribution is -0.122. The van der Waals surface area contributed by atoms with Gasteiger partial charge in [-0.25, -0.2) is 9.69 Å². The number of nitrogens with one attached hydrogen (secondary N) is 1. The summed E-state index contributed by atoms with van der Waals surface area (Å²) in [7, 11) is 0. The molecular formula is C26H16ClI2N3O4. The summed E-state index contributed by atoms with van der Waals surface area (Å²) in [6.45, 7) is 2.02. The zero-order valence-electron chi connectivity index (χ0n) is 18.6. The van der Waals surface area contributed by atoms with E-state index in [2.05, 4.69) is 56.6 Å². The minimum Gasteiger partial charge on any atom is -0.487 e. The van der Waals surface area contributed by atoms with Gasteiger partial charge in [-0.05, 0) is 99.6 Å². The SMILES string of the molecule is Cc1ccc(N2C(=O)NC(=O)/C(=C/c3cc(I)c(OCc4ccccc4C#N)c(I)c3)C2=O)cc1Cl. The maximum Gasteiger partial charge on any atom is 0.335 e. The van der Waals surface area contributed by atoms with Crippen LogP contribution in [0.15, 0.2) is 60.2 Å². The molecule has 0 unspecified atom stereocenters. The average Bonchev–Trinajstić information content (AvgIpc) is 2.83. The van der Waals surface area contributed by atoms with Crippen LogP contribution in [-0.4, -0.2) is 17.8 Å². The summed E-state index contributed by atoms with van der Waals surface area (Å²) in [5, 5.41) is 11.9. The van der Waals surface area contributed by atoms with E-state index in [1.165, 1.54) is 12.1 Å². The van der Waals surface area contributed by atoms with Crippen molar-refractivity contribution >= 4 is 86.4 Å². The first-order chi connectivity index (χ1) is 17.2. The Morgan fingerprint density at radius 1 is 1.08 bits per heavy atom. The van der Waals surface area contributed by atoms with Crippen molar-refractivity contribution < 1.29 is 19.1 Å². The molecule has 4 rings (SSSR count). The second-order valence-corrected chi connectivity index (χ2v) is 10.5. The number of anilines is 1. The molecule has 1 fully saturated rings. The van der Waals surface area contributed by atoms with Crippen LogP contribution in [0.2, 0.25) is 5.02 Å². The summed E-state index contributed by atoms with van der Waals surface area (Å²) in [6, 6.07) is 16.8. The number of imide groups is 2. The minimum absolute atomic E-state index is 0.186. The number of benzene rings is 3. The van der Waals surface area contributed by atoms with Gasteiger partial charge in [0.1, 0.15) is 17.9 Å². The third-order valence-electron chi connectivity index (χ3n) is 5.36. The van der Waals surface area contributed by atoms with Gasteiger partial charge in [0.2, 0.25) is 0 Å². The molecule has 0 spiro atoms. The van der Waals surface area contributed by atoms with Crippen molar-refractivity contribution in [3.63, 3.8) is 0 Å². The van der Waals surface area contributed by atoms with Crippen LogP contribution < -0.4 is 15.0 Å². The van der Waals surface area contributed by atoms with Gasteiger partial charge in [-0.1, -0.05) is 35.9 Å². The van der Waals surface area contributed by atoms with Gasteiger partial charge < -0.3 is 4.74 Å². The number of carbonyl (C=O) groups excluding carboxylic acids is 3. The molecule has 0 aliphatic carbocycles. The van der Waals surface area contributed by atoms with Crippen molar-refractivity contribution in [2.24, 2.45) is 0 Å². The summed E-state index contributed by atoms with van der Waals surface area (Å²) in [4.78, 5) is 39.1. The van der Waals surface area contributed by atoms with E-state index < -0.39 is 17.8 Å². The van der Waals surface area contributed by atoms with Gasteiger partial charge in [-0.15, -0.1) is 0 Å². The number of carbonyl (C=O) groups is 3. The number of amides is 4. The number of barbiturate groups is 1. The first-order valence-corrected chi connectivity index (χ1v) is 13.0. The fourth-order valence-corrected chi connectivity index (χ4v) is 5.79. The van der Waals surface area contributed by atoms with Gasteiger partial charge in [0.15, 0.2) is 0 Å². The molecule has 180 valence electrons. The summed E-state index contributed by atoms with van der Waals surface area (Å²) >= 11 is 10.4. The molecular weight excluding hydrogens is 708 g/mol. The van der Waals surface area contributed by atoms with Crippen LogP contribution in [0.4, 0.5) is 10.5 Å². The number of hydrogen-bond acceptors (Lipinski definition) is 5. The predicted molar refractivity (Wildman–Crippen MR) is 153 cm³/mol. The van der Waals surface area contributed by atoms with E-state index in [0.717, 1.165) is 23.2 Å². The van der Waals surface area contributed by atoms with Crippen molar-refractivity contribution in [3.8, 4) is 11.8 Å². The average molecular weight is 724 g/mol. The Labute approximate surface area is 239 Å². The summed E-state index contributed by atoms with van der Waals surface area (Å²) in [5.41, 5.74) is 2.76. The molecule has 0 aromatic heterocycles. The molecule has 0 radical (unpaired) electrons. The Kier molecular flexibility index (Phi) is 7.97. The van der Waals surface area contributed by atoms with Gasteiger partial charge in [0, 0.05) is 10.6 Å². The highest BCUT2D eigenvalue weighted by atomic mass is 127. The number of hydrogen-bond donors (Lipinski definition) is 1. The van der Waals surface area contributed by atoms with Crippen molar-refractivity contribution in [2.45, 2.75) is 13.5 Å². The Bertz CT molecular complexity index is 1470. The number of urea groups is 1. The number of ether oxygens (including phenoxy) is 1. The molecule has 1 aliphatic heterocycles. The Morgan fingerprint density at radius 3 is 2.44 bits per heavy atom. The van der Waals surface area contributed by atoms with Crippen LogP contribution in [-0.2, 0) is 16.2 Å². The normalized spacial score (nSPS) is 14.6. The molecule has 1 heterocycles. The monoisotopic (exact) mass is 723 g/mol. The van der Waals surface area contributed by atoms with Crippen LogP contribution in [0.1, 0.15) is 22.3 Å². The third kappa shape index (κ3) is 5.40. The van der Waals surface area contributed by atoms with Gasteiger partial charge in [0.25, 0.3) is 11.8 Å². The van der Waals surface area contributed by atoms with E-state index in [1.54, 1.807) is 43.3 Å². The van der Waals surface area contributed by atoms with E-state index in [9.17, 15) is 19.6 Å². The van der Waals surface area contributed by atoms with Gasteiger partial charge in [-0.2, -0.15) is 5.26 Å². The second-order valence-electron chi connectivity index (χ2n) is 7.76. The Morgan fingerprint density at radius 2 is 1.78 bits per heavy atom. The lowest BCUT2D eigenvalue weighted by atomic mass is 10.1. The van der Waals surface area contributed by atoms with E-state index in [4.69, 9.17) is 16.3 Å². The highest BCUT2D eigenvalue weighted by molar-refractivity contribution is 14.1. The van der Waals surface area contributed by atoms with Gasteiger partial charge >= 0.3 is 6.03 Å². The van der Waals surface area contributed by atoms with Crippen LogP contribution in [0.3, 0.4) is 0 Å². The molecule has 1 saturated heterocycles. The number of nitrogens with zero attached hydrogens (tertiary/aromatic N) is 2. The van der Waals surface area contributed by atoms with E-state index in [0.29, 0.717) is 21.9 Å². The first kappa shape index (κ1) is 26.1. The predicted octanol–water partition coefficient (Wildman–Crippen LogP) is 5.97. The van der Waals surface area contributed by atoms with Crippen LogP contribution >= 0.6 is 56.8 Å². The Balaban J connectivity index is 1.62. The summed E-state index contributed by atoms with van der Waals surface area (Å²) in [5.74, 6) is -0.906. The molecule has 36 heavy (non-hydrogen) atoms. The largest absolute Gasteiger partial charge is 0.487 e. The standard InChI is InChI=1S/C26H16ClI2N3O4/c1-14-6-7-18(11-20(14)27)32-25(34)19(24(33)31-26(32)35)8-15-9-21(28)23(22(29)10-15)36-13-17-5-3-2-4-16(17)12-30/h2-11H,13H2,1H3,(H,31,33,35)/b19-8-. The molecule has 1 aliphatic rings. The van der Waals surface area contributed by atoms with Crippen molar-refractivity contribution in [1.29, 1.82) is 5.26 Å². The molecule has 0 bridgehead atoms. The molecule has 10 heteroatoms. The number of aryl methyl sites for hydroxylation is 1. The smallest absolute Gasteiger partial charge is 0.335 e. The highest BCUT2D eigenvalue weighted by Gasteiger charge is 2.37. The van der Waals surface area contributed by atoms with E-state index >= 15 is 0 Å². The first-order valence-electron chi connectivity index (χ1n) is 10.5. The Hall–Kier alpha value is -2.95. The molecule has 3 aromatic carbocycles. The molecule has 7 nitrogen and oxygen atoms in total. The zero-order valence-corrected chi connectivity index (χ0v) is 23.7. The topological polar surface area (TPSA) is 99.5 Å². The zero-order chi connectivity index (χ0) is 26.0. The fourth-order valence-electron chi connectivity index (χ4n) is 3.49. The van der Waals surface area contributed by atoms with Crippen LogP contribution in [0.5, 0.6) is 5.75 Å². The molecule has 4 amide bonds. The van der Waals surface area contributed by atoms with E-state index in [1.807, 2.05) is 12.1 Å². The summed E-state index contributed by atoms with van der Waals surface area (Å²) in [6.07, 6.45) is 1.44. The summed E-state index contributed by atoms with van der Waals surface area (Å²) < 4.78 is 7.50. The lowest BCUT2D eigenvalue weighted by Crippen LogP contribution is -2.54. The van der Waals surface area contributed by atoms with E-state index in [-0.39, 0.29) is 17.9 Å². The van der Waals surface area contributed by atoms with Crippen molar-refractivity contribution in [2.75, 3.05) is 4.90 Å². The van der Waals surface area contributed by atoms with Gasteiger partial charge in [-0.3, -0.25) is 14.9 Å². The molecule has 0 atom stereocenters. The third-order valence-corrected chi connectivity index (χ3v) is 7.37. The van der Waals surface area contributed by atoms with Crippen LogP contribution in [0, 0.1) is 25.4 Å². The maximum atomic E-state index is 13.2. The number of nitriles is 1. The fraction of sp³-hybridized carbons (Fsp3) is 0.0769.